The van der Waals surface area contributed by atoms with Crippen LogP contribution in [0.3, 0.4) is 0 Å². The molecule has 5 aromatic rings. The number of hydrogen-bond acceptors (Lipinski definition) is 3. The summed E-state index contributed by atoms with van der Waals surface area (Å²) in [4.78, 5) is 12.4. The van der Waals surface area contributed by atoms with E-state index in [2.05, 4.69) is 34.8 Å². The lowest BCUT2D eigenvalue weighted by molar-refractivity contribution is 0.0955. The van der Waals surface area contributed by atoms with Gasteiger partial charge in [-0.1, -0.05) is 54.6 Å². The van der Waals surface area contributed by atoms with Gasteiger partial charge in [0.2, 0.25) is 0 Å². The van der Waals surface area contributed by atoms with Crippen molar-refractivity contribution in [2.75, 3.05) is 0 Å². The highest BCUT2D eigenvalue weighted by Crippen LogP contribution is 2.21. The molecule has 0 aliphatic carbocycles. The third-order valence-corrected chi connectivity index (χ3v) is 5.54. The predicted molar refractivity (Wildman–Crippen MR) is 136 cm³/mol. The van der Waals surface area contributed by atoms with Gasteiger partial charge in [-0.2, -0.15) is 5.10 Å². The number of ether oxygens (including phenoxy) is 1. The number of nitrogens with zero attached hydrogens (tertiary/aromatic N) is 2. The lowest BCUT2D eigenvalue weighted by Gasteiger charge is -2.09. The van der Waals surface area contributed by atoms with Gasteiger partial charge >= 0.3 is 0 Å². The molecule has 5 nitrogen and oxygen atoms in total. The van der Waals surface area contributed by atoms with Gasteiger partial charge in [0.05, 0.1) is 6.21 Å². The van der Waals surface area contributed by atoms with Crippen LogP contribution >= 0.6 is 0 Å². The summed E-state index contributed by atoms with van der Waals surface area (Å²) in [6, 6.07) is 33.4. The Hall–Kier alpha value is -4.64. The molecule has 0 atom stereocenters. The van der Waals surface area contributed by atoms with Crippen LogP contribution in [0.5, 0.6) is 5.75 Å². The third-order valence-electron chi connectivity index (χ3n) is 5.54. The van der Waals surface area contributed by atoms with Crippen LogP contribution in [0.15, 0.2) is 121 Å². The van der Waals surface area contributed by atoms with Gasteiger partial charge in [-0.3, -0.25) is 4.79 Å². The minimum Gasteiger partial charge on any atom is -0.489 e. The lowest BCUT2D eigenvalue weighted by atomic mass is 10.1. The van der Waals surface area contributed by atoms with E-state index in [4.69, 9.17) is 4.74 Å². The van der Waals surface area contributed by atoms with E-state index in [1.807, 2.05) is 83.7 Å². The molecule has 166 valence electrons. The Labute approximate surface area is 197 Å². The van der Waals surface area contributed by atoms with E-state index in [1.54, 1.807) is 18.3 Å². The average molecular weight is 446 g/mol. The molecule has 5 rings (SSSR count). The molecule has 0 spiro atoms. The van der Waals surface area contributed by atoms with Crippen LogP contribution < -0.4 is 10.2 Å². The number of carbonyl (C=O) groups is 1. The molecule has 0 saturated heterocycles. The molecule has 0 saturated carbocycles. The summed E-state index contributed by atoms with van der Waals surface area (Å²) < 4.78 is 8.01. The molecule has 0 radical (unpaired) electrons. The smallest absolute Gasteiger partial charge is 0.271 e. The highest BCUT2D eigenvalue weighted by molar-refractivity contribution is 5.95. The van der Waals surface area contributed by atoms with E-state index in [0.29, 0.717) is 12.2 Å². The van der Waals surface area contributed by atoms with E-state index in [9.17, 15) is 4.79 Å². The Kier molecular flexibility index (Phi) is 6.16. The summed E-state index contributed by atoms with van der Waals surface area (Å²) in [5.74, 6) is 0.475. The van der Waals surface area contributed by atoms with Crippen LogP contribution in [0.1, 0.15) is 21.5 Å². The molecule has 1 amide bonds. The normalized spacial score (nSPS) is 11.1. The molecule has 1 N–H and O–H groups in total. The van der Waals surface area contributed by atoms with E-state index in [-0.39, 0.29) is 5.91 Å². The van der Waals surface area contributed by atoms with E-state index in [1.165, 1.54) is 10.8 Å². The summed E-state index contributed by atoms with van der Waals surface area (Å²) in [6.45, 7) is 0.470. The summed E-state index contributed by atoms with van der Waals surface area (Å²) in [5.41, 5.74) is 6.08. The van der Waals surface area contributed by atoms with Crippen molar-refractivity contribution < 1.29 is 9.53 Å². The molecule has 0 aliphatic rings. The second-order valence-corrected chi connectivity index (χ2v) is 7.84. The molecule has 0 unspecified atom stereocenters. The van der Waals surface area contributed by atoms with Crippen molar-refractivity contribution in [2.24, 2.45) is 5.10 Å². The fourth-order valence-corrected chi connectivity index (χ4v) is 3.79. The number of hydrazone groups is 1. The number of amides is 1. The fourth-order valence-electron chi connectivity index (χ4n) is 3.79. The molecule has 0 bridgehead atoms. The summed E-state index contributed by atoms with van der Waals surface area (Å²) in [7, 11) is 0. The first-order valence-electron chi connectivity index (χ1n) is 11.0. The average Bonchev–Trinajstić information content (AvgIpc) is 3.43. The van der Waals surface area contributed by atoms with Crippen molar-refractivity contribution in [2.45, 2.75) is 6.61 Å². The first-order valence-corrected chi connectivity index (χ1v) is 11.0. The van der Waals surface area contributed by atoms with Gasteiger partial charge in [-0.05, 0) is 70.4 Å². The standard InChI is InChI=1S/C29H23N3O2/c33-29(24-13-15-26(16-14-24)32-17-3-4-18-32)31-30-20-22-7-5-11-27(19-22)34-21-25-10-6-9-23-8-1-2-12-28(23)25/h1-20H,21H2,(H,31,33). The zero-order valence-electron chi connectivity index (χ0n) is 18.5. The molecule has 4 aromatic carbocycles. The highest BCUT2D eigenvalue weighted by atomic mass is 16.5. The summed E-state index contributed by atoms with van der Waals surface area (Å²) in [5, 5.41) is 6.49. The number of aromatic nitrogens is 1. The molecule has 1 heterocycles. The molecule has 34 heavy (non-hydrogen) atoms. The molecule has 0 aliphatic heterocycles. The molecular weight excluding hydrogens is 422 g/mol. The number of carbonyl (C=O) groups excluding carboxylic acids is 1. The monoisotopic (exact) mass is 445 g/mol. The van der Waals surface area contributed by atoms with Crippen LogP contribution in [0, 0.1) is 0 Å². The second-order valence-electron chi connectivity index (χ2n) is 7.84. The van der Waals surface area contributed by atoms with E-state index in [0.717, 1.165) is 22.6 Å². The maximum Gasteiger partial charge on any atom is 0.271 e. The topological polar surface area (TPSA) is 55.6 Å². The van der Waals surface area contributed by atoms with Crippen molar-refractivity contribution in [1.29, 1.82) is 0 Å². The molecular formula is C29H23N3O2. The maximum atomic E-state index is 12.4. The Balaban J connectivity index is 1.20. The first-order chi connectivity index (χ1) is 16.8. The number of benzene rings is 4. The van der Waals surface area contributed by atoms with Crippen LogP contribution in [-0.2, 0) is 6.61 Å². The highest BCUT2D eigenvalue weighted by Gasteiger charge is 2.05. The van der Waals surface area contributed by atoms with Gasteiger partial charge in [0, 0.05) is 23.6 Å². The van der Waals surface area contributed by atoms with Crippen LogP contribution in [-0.4, -0.2) is 16.7 Å². The Morgan fingerprint density at radius 3 is 2.47 bits per heavy atom. The van der Waals surface area contributed by atoms with Crippen molar-refractivity contribution >= 4 is 22.9 Å². The second kappa shape index (κ2) is 9.88. The predicted octanol–water partition coefficient (Wildman–Crippen LogP) is 5.97. The van der Waals surface area contributed by atoms with Gasteiger partial charge in [-0.15, -0.1) is 0 Å². The number of nitrogens with one attached hydrogen (secondary N) is 1. The Morgan fingerprint density at radius 1 is 0.853 bits per heavy atom. The van der Waals surface area contributed by atoms with Gasteiger partial charge in [0.15, 0.2) is 0 Å². The van der Waals surface area contributed by atoms with Gasteiger partial charge in [-0.25, -0.2) is 5.43 Å². The van der Waals surface area contributed by atoms with E-state index < -0.39 is 0 Å². The van der Waals surface area contributed by atoms with E-state index >= 15 is 0 Å². The fraction of sp³-hybridized carbons (Fsp3) is 0.0345. The van der Waals surface area contributed by atoms with Crippen molar-refractivity contribution in [3.8, 4) is 11.4 Å². The maximum absolute atomic E-state index is 12.4. The van der Waals surface area contributed by atoms with Crippen molar-refractivity contribution in [3.05, 3.63) is 132 Å². The number of fused-ring (bicyclic) bond motifs is 1. The van der Waals surface area contributed by atoms with Gasteiger partial charge < -0.3 is 9.30 Å². The largest absolute Gasteiger partial charge is 0.489 e. The SMILES string of the molecule is O=C(NN=Cc1cccc(OCc2cccc3ccccc23)c1)c1ccc(-n2cccc2)cc1. The minimum atomic E-state index is -0.265. The van der Waals surface area contributed by atoms with Gasteiger partial charge in [0.25, 0.3) is 5.91 Å². The van der Waals surface area contributed by atoms with Crippen LogP contribution in [0.2, 0.25) is 0 Å². The quantitative estimate of drug-likeness (QED) is 0.248. The third kappa shape index (κ3) is 4.89. The van der Waals surface area contributed by atoms with Crippen LogP contribution in [0.25, 0.3) is 16.5 Å². The molecule has 5 heteroatoms. The summed E-state index contributed by atoms with van der Waals surface area (Å²) in [6.07, 6.45) is 5.52. The zero-order valence-corrected chi connectivity index (χ0v) is 18.5. The van der Waals surface area contributed by atoms with Crippen molar-refractivity contribution in [3.63, 3.8) is 0 Å². The lowest BCUT2D eigenvalue weighted by Crippen LogP contribution is -2.17. The summed E-state index contributed by atoms with van der Waals surface area (Å²) >= 11 is 0. The Bertz CT molecular complexity index is 1430. The first kappa shape index (κ1) is 21.2. The molecule has 1 aromatic heterocycles. The minimum absolute atomic E-state index is 0.265. The van der Waals surface area contributed by atoms with Crippen LogP contribution in [0.4, 0.5) is 0 Å². The van der Waals surface area contributed by atoms with Gasteiger partial charge in [0.1, 0.15) is 12.4 Å². The number of hydrogen-bond donors (Lipinski definition) is 1. The Morgan fingerprint density at radius 2 is 1.62 bits per heavy atom. The van der Waals surface area contributed by atoms with Crippen molar-refractivity contribution in [1.82, 2.24) is 9.99 Å². The molecule has 0 fully saturated rings. The zero-order chi connectivity index (χ0) is 23.2. The number of rotatable bonds is 7.